The van der Waals surface area contributed by atoms with Crippen LogP contribution in [0.3, 0.4) is 0 Å². The van der Waals surface area contributed by atoms with Crippen LogP contribution in [0.1, 0.15) is 5.56 Å². The van der Waals surface area contributed by atoms with Gasteiger partial charge in [0.25, 0.3) is 0 Å². The Morgan fingerprint density at radius 1 is 1.33 bits per heavy atom. The van der Waals surface area contributed by atoms with Gasteiger partial charge < -0.3 is 5.11 Å². The third-order valence-electron chi connectivity index (χ3n) is 1.00. The minimum absolute atomic E-state index is 0. The molecule has 9 heavy (non-hydrogen) atoms. The van der Waals surface area contributed by atoms with Gasteiger partial charge in [0.2, 0.25) is 0 Å². The lowest BCUT2D eigenvalue weighted by Crippen LogP contribution is -1.66. The molecule has 0 atom stereocenters. The molecule has 0 fully saturated rings. The van der Waals surface area contributed by atoms with Gasteiger partial charge in [-0.15, -0.1) is 0 Å². The molecule has 1 aromatic carbocycles. The highest BCUT2D eigenvalue weighted by molar-refractivity contribution is 5.25. The monoisotopic (exact) mass is 125 g/mol. The maximum atomic E-state index is 8.81. The van der Waals surface area contributed by atoms with E-state index in [4.69, 9.17) is 5.11 Å². The topological polar surface area (TPSA) is 50.2 Å². The summed E-state index contributed by atoms with van der Waals surface area (Å²) in [6.07, 6.45) is 0. The van der Waals surface area contributed by atoms with Crippen LogP contribution in [0.5, 0.6) is 5.75 Å². The van der Waals surface area contributed by atoms with Gasteiger partial charge >= 0.3 is 0 Å². The standard InChI is InChI=1S/C7H8O.HO/c1-6-3-2-4-7(8)5-6;/h2-5,8H,1H3;1H. The average Bonchev–Trinajstić information content (AvgIpc) is 1.64. The number of phenols is 1. The molecular weight excluding hydrogens is 116 g/mol. The second kappa shape index (κ2) is 3.10. The lowest BCUT2D eigenvalue weighted by atomic mass is 10.2. The minimum Gasteiger partial charge on any atom is -0.508 e. The second-order valence-electron chi connectivity index (χ2n) is 1.84. The molecule has 1 rings (SSSR count). The van der Waals surface area contributed by atoms with Crippen molar-refractivity contribution in [3.8, 4) is 5.75 Å². The summed E-state index contributed by atoms with van der Waals surface area (Å²) in [6.45, 7) is 1.94. The SMILES string of the molecule is Cc1cccc(O)c1.[OH]. The van der Waals surface area contributed by atoms with Crippen molar-refractivity contribution in [1.82, 2.24) is 0 Å². The van der Waals surface area contributed by atoms with Crippen LogP contribution in [-0.4, -0.2) is 10.6 Å². The van der Waals surface area contributed by atoms with Crippen molar-refractivity contribution in [2.75, 3.05) is 0 Å². The zero-order valence-electron chi connectivity index (χ0n) is 5.20. The predicted octanol–water partition coefficient (Wildman–Crippen LogP) is 1.52. The van der Waals surface area contributed by atoms with Gasteiger partial charge in [0.05, 0.1) is 0 Å². The Morgan fingerprint density at radius 2 is 2.00 bits per heavy atom. The van der Waals surface area contributed by atoms with E-state index in [0.29, 0.717) is 5.75 Å². The largest absolute Gasteiger partial charge is 0.508 e. The fraction of sp³-hybridized carbons (Fsp3) is 0.143. The summed E-state index contributed by atoms with van der Waals surface area (Å²) < 4.78 is 0. The summed E-state index contributed by atoms with van der Waals surface area (Å²) in [5.41, 5.74) is 1.09. The fourth-order valence-electron chi connectivity index (χ4n) is 0.628. The van der Waals surface area contributed by atoms with Crippen molar-refractivity contribution >= 4 is 0 Å². The number of benzene rings is 1. The van der Waals surface area contributed by atoms with E-state index in [9.17, 15) is 0 Å². The average molecular weight is 125 g/mol. The summed E-state index contributed by atoms with van der Waals surface area (Å²) in [5.74, 6) is 0.338. The van der Waals surface area contributed by atoms with Crippen molar-refractivity contribution in [2.45, 2.75) is 6.92 Å². The van der Waals surface area contributed by atoms with Crippen LogP contribution in [-0.2, 0) is 0 Å². The smallest absolute Gasteiger partial charge is 0.115 e. The van der Waals surface area contributed by atoms with Gasteiger partial charge in [-0.3, -0.25) is 5.48 Å². The zero-order chi connectivity index (χ0) is 5.98. The molecule has 2 N–H and O–H groups in total. The number of hydrogen-bond acceptors (Lipinski definition) is 1. The van der Waals surface area contributed by atoms with Crippen molar-refractivity contribution in [3.63, 3.8) is 0 Å². The minimum atomic E-state index is 0. The molecule has 0 saturated heterocycles. The quantitative estimate of drug-likeness (QED) is 0.542. The molecule has 0 aliphatic heterocycles. The molecule has 1 aromatic rings. The van der Waals surface area contributed by atoms with Crippen LogP contribution < -0.4 is 0 Å². The van der Waals surface area contributed by atoms with E-state index in [0.717, 1.165) is 5.56 Å². The summed E-state index contributed by atoms with van der Waals surface area (Å²) in [4.78, 5) is 0. The second-order valence-corrected chi connectivity index (χ2v) is 1.84. The van der Waals surface area contributed by atoms with Crippen LogP contribution in [0.25, 0.3) is 0 Å². The van der Waals surface area contributed by atoms with E-state index in [1.54, 1.807) is 12.1 Å². The fourth-order valence-corrected chi connectivity index (χ4v) is 0.628. The van der Waals surface area contributed by atoms with Crippen LogP contribution in [0.2, 0.25) is 0 Å². The Morgan fingerprint density at radius 3 is 2.33 bits per heavy atom. The molecule has 0 aliphatic rings. The van der Waals surface area contributed by atoms with Gasteiger partial charge in [-0.25, -0.2) is 0 Å². The van der Waals surface area contributed by atoms with Crippen LogP contribution in [0.4, 0.5) is 0 Å². The van der Waals surface area contributed by atoms with Crippen molar-refractivity contribution in [1.29, 1.82) is 0 Å². The van der Waals surface area contributed by atoms with Crippen molar-refractivity contribution in [3.05, 3.63) is 29.8 Å². The molecule has 49 valence electrons. The molecule has 0 unspecified atom stereocenters. The Kier molecular flexibility index (Phi) is 2.74. The number of hydrogen-bond donors (Lipinski definition) is 2. The number of aromatic hydroxyl groups is 1. The first kappa shape index (κ1) is 7.98. The summed E-state index contributed by atoms with van der Waals surface area (Å²) in [6, 6.07) is 7.15. The van der Waals surface area contributed by atoms with Gasteiger partial charge in [0.1, 0.15) is 5.75 Å². The molecule has 0 saturated carbocycles. The molecule has 2 heteroatoms. The summed E-state index contributed by atoms with van der Waals surface area (Å²) >= 11 is 0. The third kappa shape index (κ3) is 2.15. The van der Waals surface area contributed by atoms with Crippen LogP contribution in [0, 0.1) is 6.92 Å². The van der Waals surface area contributed by atoms with Crippen molar-refractivity contribution in [2.24, 2.45) is 0 Å². The van der Waals surface area contributed by atoms with E-state index in [1.807, 2.05) is 19.1 Å². The molecule has 0 bridgehead atoms. The van der Waals surface area contributed by atoms with E-state index in [2.05, 4.69) is 0 Å². The van der Waals surface area contributed by atoms with E-state index in [-0.39, 0.29) is 5.48 Å². The van der Waals surface area contributed by atoms with Gasteiger partial charge in [-0.05, 0) is 24.6 Å². The predicted molar refractivity (Wildman–Crippen MR) is 34.8 cm³/mol. The normalized spacial score (nSPS) is 8.11. The molecule has 0 aromatic heterocycles. The van der Waals surface area contributed by atoms with Gasteiger partial charge in [0, 0.05) is 0 Å². The summed E-state index contributed by atoms with van der Waals surface area (Å²) in [7, 11) is 0. The molecule has 0 aliphatic carbocycles. The molecule has 0 amide bonds. The maximum absolute atomic E-state index is 8.81. The van der Waals surface area contributed by atoms with Crippen molar-refractivity contribution < 1.29 is 10.6 Å². The number of aryl methyl sites for hydroxylation is 1. The first-order valence-electron chi connectivity index (χ1n) is 2.54. The lowest BCUT2D eigenvalue weighted by Gasteiger charge is -1.89. The Balaban J connectivity index is 0.000000640. The number of rotatable bonds is 0. The lowest BCUT2D eigenvalue weighted by molar-refractivity contribution is 0.475. The van der Waals surface area contributed by atoms with E-state index < -0.39 is 0 Å². The van der Waals surface area contributed by atoms with Crippen LogP contribution >= 0.6 is 0 Å². The Labute approximate surface area is 54.1 Å². The molecular formula is C7H9O2. The highest BCUT2D eigenvalue weighted by Crippen LogP contribution is 2.08. The third-order valence-corrected chi connectivity index (χ3v) is 1.00. The van der Waals surface area contributed by atoms with E-state index >= 15 is 0 Å². The van der Waals surface area contributed by atoms with Gasteiger partial charge in [-0.1, -0.05) is 12.1 Å². The van der Waals surface area contributed by atoms with E-state index in [1.165, 1.54) is 0 Å². The Hall–Kier alpha value is -1.02. The first-order chi connectivity index (χ1) is 3.79. The summed E-state index contributed by atoms with van der Waals surface area (Å²) in [5, 5.41) is 8.81. The highest BCUT2D eigenvalue weighted by atomic mass is 16.3. The Bertz CT molecular complexity index is 167. The first-order valence-corrected chi connectivity index (χ1v) is 2.54. The highest BCUT2D eigenvalue weighted by Gasteiger charge is 1.83. The maximum Gasteiger partial charge on any atom is 0.115 e. The molecule has 1 radical (unpaired) electrons. The van der Waals surface area contributed by atoms with Gasteiger partial charge in [-0.2, -0.15) is 0 Å². The zero-order valence-corrected chi connectivity index (χ0v) is 5.20. The van der Waals surface area contributed by atoms with Crippen LogP contribution in [0.15, 0.2) is 24.3 Å². The number of phenolic OH excluding ortho intramolecular Hbond substituents is 1. The molecule has 0 spiro atoms. The van der Waals surface area contributed by atoms with Gasteiger partial charge in [0.15, 0.2) is 0 Å². The molecule has 0 heterocycles. The molecule has 2 nitrogen and oxygen atoms in total.